The lowest BCUT2D eigenvalue weighted by Gasteiger charge is -2.06. The van der Waals surface area contributed by atoms with Crippen molar-refractivity contribution in [1.29, 1.82) is 0 Å². The fraction of sp³-hybridized carbons (Fsp3) is 0.133. The number of Topliss-reactive ketones (excluding diaryl/α,β-unsaturated/α-hetero) is 1. The minimum Gasteiger partial charge on any atom is -0.294 e. The molecule has 1 nitrogen and oxygen atoms in total. The molecule has 2 rings (SSSR count). The molecule has 0 spiro atoms. The average molecular weight is 342 g/mol. The largest absolute Gasteiger partial charge is 0.294 e. The number of benzene rings is 2. The highest BCUT2D eigenvalue weighted by atomic mass is 79.9. The van der Waals surface area contributed by atoms with Crippen LogP contribution in [0, 0.1) is 12.7 Å². The lowest BCUT2D eigenvalue weighted by atomic mass is 10.0. The van der Waals surface area contributed by atoms with E-state index in [2.05, 4.69) is 15.9 Å². The van der Waals surface area contributed by atoms with Gasteiger partial charge in [0.25, 0.3) is 0 Å². The number of aryl methyl sites for hydroxylation is 1. The van der Waals surface area contributed by atoms with E-state index in [0.717, 1.165) is 10.0 Å². The standard InChI is InChI=1S/C15H11BrClFO/c1-9-2-5-12(13(16)6-9)15(19)7-10-3-4-11(18)8-14(10)17/h2-6,8H,7H2,1H3. The van der Waals surface area contributed by atoms with Crippen LogP contribution in [0.2, 0.25) is 5.02 Å². The lowest BCUT2D eigenvalue weighted by molar-refractivity contribution is 0.0992. The molecule has 0 aliphatic heterocycles. The first-order chi connectivity index (χ1) is 8.97. The molecule has 0 unspecified atom stereocenters. The van der Waals surface area contributed by atoms with E-state index < -0.39 is 5.82 Å². The fourth-order valence-electron chi connectivity index (χ4n) is 1.78. The minimum atomic E-state index is -0.405. The molecule has 0 saturated carbocycles. The monoisotopic (exact) mass is 340 g/mol. The van der Waals surface area contributed by atoms with Gasteiger partial charge in [-0.3, -0.25) is 4.79 Å². The Labute approximate surface area is 124 Å². The molecule has 2 aromatic rings. The van der Waals surface area contributed by atoms with Gasteiger partial charge in [0, 0.05) is 21.5 Å². The Kier molecular flexibility index (Phi) is 4.38. The zero-order valence-corrected chi connectivity index (χ0v) is 12.6. The van der Waals surface area contributed by atoms with Gasteiger partial charge in [-0.2, -0.15) is 0 Å². The van der Waals surface area contributed by atoms with E-state index in [0.29, 0.717) is 11.1 Å². The smallest absolute Gasteiger partial charge is 0.168 e. The molecule has 0 N–H and O–H groups in total. The van der Waals surface area contributed by atoms with Crippen LogP contribution >= 0.6 is 27.5 Å². The van der Waals surface area contributed by atoms with Crippen LogP contribution in [0.1, 0.15) is 21.5 Å². The Morgan fingerprint density at radius 2 is 2.00 bits per heavy atom. The highest BCUT2D eigenvalue weighted by molar-refractivity contribution is 9.10. The molecule has 0 aliphatic rings. The predicted molar refractivity (Wildman–Crippen MR) is 78.3 cm³/mol. The zero-order chi connectivity index (χ0) is 14.0. The summed E-state index contributed by atoms with van der Waals surface area (Å²) in [5.41, 5.74) is 2.30. The predicted octanol–water partition coefficient (Wildman–Crippen LogP) is 4.98. The Morgan fingerprint density at radius 1 is 1.26 bits per heavy atom. The van der Waals surface area contributed by atoms with Crippen molar-refractivity contribution in [2.24, 2.45) is 0 Å². The van der Waals surface area contributed by atoms with Crippen LogP contribution in [0.5, 0.6) is 0 Å². The topological polar surface area (TPSA) is 17.1 Å². The summed E-state index contributed by atoms with van der Waals surface area (Å²) >= 11 is 9.30. The maximum atomic E-state index is 12.9. The third-order valence-electron chi connectivity index (χ3n) is 2.79. The summed E-state index contributed by atoms with van der Waals surface area (Å²) < 4.78 is 13.7. The van der Waals surface area contributed by atoms with Gasteiger partial charge in [-0.05, 0) is 42.3 Å². The molecule has 19 heavy (non-hydrogen) atoms. The van der Waals surface area contributed by atoms with Crippen molar-refractivity contribution in [1.82, 2.24) is 0 Å². The van der Waals surface area contributed by atoms with Gasteiger partial charge >= 0.3 is 0 Å². The number of ketones is 1. The maximum absolute atomic E-state index is 12.9. The van der Waals surface area contributed by atoms with Crippen LogP contribution in [-0.4, -0.2) is 5.78 Å². The number of hydrogen-bond donors (Lipinski definition) is 0. The second-order valence-electron chi connectivity index (χ2n) is 4.32. The molecular weight excluding hydrogens is 331 g/mol. The summed E-state index contributed by atoms with van der Waals surface area (Å²) in [7, 11) is 0. The fourth-order valence-corrected chi connectivity index (χ4v) is 2.73. The van der Waals surface area contributed by atoms with Crippen LogP contribution in [0.25, 0.3) is 0 Å². The number of rotatable bonds is 3. The summed E-state index contributed by atoms with van der Waals surface area (Å²) in [6.45, 7) is 1.95. The van der Waals surface area contributed by atoms with Crippen LogP contribution < -0.4 is 0 Å². The molecule has 0 heterocycles. The minimum absolute atomic E-state index is 0.0552. The first-order valence-corrected chi connectivity index (χ1v) is 6.88. The van der Waals surface area contributed by atoms with Crippen molar-refractivity contribution >= 4 is 33.3 Å². The Bertz CT molecular complexity index is 640. The SMILES string of the molecule is Cc1ccc(C(=O)Cc2ccc(F)cc2Cl)c(Br)c1. The van der Waals surface area contributed by atoms with E-state index >= 15 is 0 Å². The number of halogens is 3. The molecule has 0 fully saturated rings. The molecule has 2 aromatic carbocycles. The van der Waals surface area contributed by atoms with Crippen molar-refractivity contribution in [3.05, 3.63) is 68.4 Å². The van der Waals surface area contributed by atoms with Crippen LogP contribution in [-0.2, 0) is 6.42 Å². The first-order valence-electron chi connectivity index (χ1n) is 5.70. The molecule has 0 aromatic heterocycles. The molecule has 0 amide bonds. The molecule has 4 heteroatoms. The third kappa shape index (κ3) is 3.43. The van der Waals surface area contributed by atoms with Crippen LogP contribution in [0.3, 0.4) is 0 Å². The van der Waals surface area contributed by atoms with Gasteiger partial charge in [-0.1, -0.05) is 39.7 Å². The van der Waals surface area contributed by atoms with Crippen molar-refractivity contribution < 1.29 is 9.18 Å². The molecule has 0 bridgehead atoms. The molecule has 98 valence electrons. The van der Waals surface area contributed by atoms with Gasteiger partial charge in [0.1, 0.15) is 5.82 Å². The van der Waals surface area contributed by atoms with Gasteiger partial charge in [0.15, 0.2) is 5.78 Å². The van der Waals surface area contributed by atoms with Gasteiger partial charge in [-0.15, -0.1) is 0 Å². The summed E-state index contributed by atoms with van der Waals surface area (Å²) in [4.78, 5) is 12.2. The summed E-state index contributed by atoms with van der Waals surface area (Å²) in [5.74, 6) is -0.460. The summed E-state index contributed by atoms with van der Waals surface area (Å²) in [6.07, 6.45) is 0.154. The van der Waals surface area contributed by atoms with Crippen molar-refractivity contribution in [2.75, 3.05) is 0 Å². The first kappa shape index (κ1) is 14.2. The highest BCUT2D eigenvalue weighted by Crippen LogP contribution is 2.23. The van der Waals surface area contributed by atoms with Crippen LogP contribution in [0.4, 0.5) is 4.39 Å². The zero-order valence-electron chi connectivity index (χ0n) is 10.2. The van der Waals surface area contributed by atoms with Crippen molar-refractivity contribution in [3.63, 3.8) is 0 Å². The quantitative estimate of drug-likeness (QED) is 0.720. The van der Waals surface area contributed by atoms with E-state index in [1.807, 2.05) is 19.1 Å². The van der Waals surface area contributed by atoms with E-state index in [1.54, 1.807) is 6.07 Å². The van der Waals surface area contributed by atoms with E-state index in [1.165, 1.54) is 18.2 Å². The van der Waals surface area contributed by atoms with E-state index in [-0.39, 0.29) is 17.2 Å². The average Bonchev–Trinajstić information content (AvgIpc) is 2.32. The van der Waals surface area contributed by atoms with Crippen molar-refractivity contribution in [3.8, 4) is 0 Å². The number of carbonyl (C=O) groups excluding carboxylic acids is 1. The maximum Gasteiger partial charge on any atom is 0.168 e. The second-order valence-corrected chi connectivity index (χ2v) is 5.58. The molecule has 0 radical (unpaired) electrons. The molecule has 0 atom stereocenters. The molecule has 0 aliphatic carbocycles. The Hall–Kier alpha value is -1.19. The summed E-state index contributed by atoms with van der Waals surface area (Å²) in [5, 5.41) is 0.275. The highest BCUT2D eigenvalue weighted by Gasteiger charge is 2.13. The van der Waals surface area contributed by atoms with E-state index in [9.17, 15) is 9.18 Å². The second kappa shape index (κ2) is 5.85. The van der Waals surface area contributed by atoms with Gasteiger partial charge in [0.2, 0.25) is 0 Å². The Balaban J connectivity index is 2.25. The van der Waals surface area contributed by atoms with Crippen LogP contribution in [0.15, 0.2) is 40.9 Å². The van der Waals surface area contributed by atoms with Gasteiger partial charge in [-0.25, -0.2) is 4.39 Å². The summed E-state index contributed by atoms with van der Waals surface area (Å²) in [6, 6.07) is 9.60. The normalized spacial score (nSPS) is 10.5. The van der Waals surface area contributed by atoms with Gasteiger partial charge < -0.3 is 0 Å². The number of carbonyl (C=O) groups is 1. The molecular formula is C15H11BrClFO. The third-order valence-corrected chi connectivity index (χ3v) is 3.80. The molecule has 0 saturated heterocycles. The lowest BCUT2D eigenvalue weighted by Crippen LogP contribution is -2.05. The number of hydrogen-bond acceptors (Lipinski definition) is 1. The van der Waals surface area contributed by atoms with E-state index in [4.69, 9.17) is 11.6 Å². The Morgan fingerprint density at radius 3 is 2.63 bits per heavy atom. The van der Waals surface area contributed by atoms with Gasteiger partial charge in [0.05, 0.1) is 0 Å². The van der Waals surface area contributed by atoms with Crippen molar-refractivity contribution in [2.45, 2.75) is 13.3 Å².